The first kappa shape index (κ1) is 69.5. The van der Waals surface area contributed by atoms with Crippen molar-refractivity contribution in [3.05, 3.63) is 12.2 Å². The van der Waals surface area contributed by atoms with Crippen LogP contribution in [0, 0.1) is 122 Å². The number of rotatable bonds is 25. The SMILES string of the molecule is CCC1(OC(=O)C(C)(CC2C3CCC(C3)C2C)CC(C)(CC(C)(C(=O)OC2C3CC4C(=O)OC2C4C3)C(C)(CC(C)(C)C(=O)OCC(=O)OC(CC(=O)OC(C)(C)C)C2CC3C=CC2C3)C(=O)OC23CC4CC(CC(O)(C4)C2)C3)C(=O)OC2(C)C3CC4CC(C3)CC2C4)CCCC1. The largest absolute Gasteiger partial charge is 0.460 e. The third-order valence-electron chi connectivity index (χ3n) is 29.9. The van der Waals surface area contributed by atoms with E-state index in [0.29, 0.717) is 86.9 Å². The Morgan fingerprint density at radius 2 is 1.29 bits per heavy atom. The highest BCUT2D eigenvalue weighted by atomic mass is 16.6. The van der Waals surface area contributed by atoms with Crippen LogP contribution in [0.5, 0.6) is 0 Å². The molecular formula is C80H116O17. The van der Waals surface area contributed by atoms with E-state index in [9.17, 15) is 19.5 Å². The number of allylic oxidation sites excluding steroid dienone is 2. The van der Waals surface area contributed by atoms with Crippen molar-refractivity contribution in [3.8, 4) is 0 Å². The summed E-state index contributed by atoms with van der Waals surface area (Å²) in [5.41, 5.74) is -13.5. The van der Waals surface area contributed by atoms with Gasteiger partial charge in [0.05, 0.1) is 45.0 Å². The molecule has 0 radical (unpaired) electrons. The van der Waals surface area contributed by atoms with Crippen LogP contribution in [0.1, 0.15) is 263 Å². The fourth-order valence-corrected chi connectivity index (χ4v) is 25.5. The zero-order valence-corrected chi connectivity index (χ0v) is 60.6. The van der Waals surface area contributed by atoms with E-state index in [0.717, 1.165) is 89.9 Å². The summed E-state index contributed by atoms with van der Waals surface area (Å²) in [5.74, 6) is -2.75. The summed E-state index contributed by atoms with van der Waals surface area (Å²) in [5, 5.41) is 12.3. The van der Waals surface area contributed by atoms with Crippen molar-refractivity contribution < 1.29 is 81.4 Å². The number of hydrogen-bond donors (Lipinski definition) is 1. The number of hydrogen-bond acceptors (Lipinski definition) is 17. The number of carbonyl (C=O) groups excluding carboxylic acids is 8. The van der Waals surface area contributed by atoms with Crippen molar-refractivity contribution >= 4 is 47.8 Å². The van der Waals surface area contributed by atoms with Gasteiger partial charge >= 0.3 is 47.8 Å². The van der Waals surface area contributed by atoms with Gasteiger partial charge in [-0.2, -0.15) is 0 Å². The van der Waals surface area contributed by atoms with E-state index < -0.39 is 129 Å². The van der Waals surface area contributed by atoms with Crippen LogP contribution in [0.25, 0.3) is 0 Å². The van der Waals surface area contributed by atoms with Gasteiger partial charge in [0, 0.05) is 24.2 Å². The lowest BCUT2D eigenvalue weighted by molar-refractivity contribution is -0.236. The molecule has 0 aromatic carbocycles. The zero-order chi connectivity index (χ0) is 69.2. The lowest BCUT2D eigenvalue weighted by atomic mass is 9.50. The second kappa shape index (κ2) is 24.3. The smallest absolute Gasteiger partial charge is 0.344 e. The van der Waals surface area contributed by atoms with Crippen LogP contribution in [0.3, 0.4) is 0 Å². The molecule has 97 heavy (non-hydrogen) atoms. The number of carbonyl (C=O) groups is 8. The molecular weight excluding hydrogens is 1230 g/mol. The van der Waals surface area contributed by atoms with Crippen LogP contribution in [-0.2, 0) is 76.3 Å². The zero-order valence-electron chi connectivity index (χ0n) is 60.6. The molecule has 0 aromatic rings. The number of ether oxygens (including phenoxy) is 8. The lowest BCUT2D eigenvalue weighted by Crippen LogP contribution is -2.63. The van der Waals surface area contributed by atoms with Gasteiger partial charge in [0.15, 0.2) is 6.61 Å². The molecule has 19 atom stereocenters. The van der Waals surface area contributed by atoms with Gasteiger partial charge in [0.2, 0.25) is 0 Å². The molecule has 0 spiro atoms. The number of aliphatic hydroxyl groups is 1. The topological polar surface area (TPSA) is 231 Å². The third-order valence-corrected chi connectivity index (χ3v) is 29.9. The van der Waals surface area contributed by atoms with Gasteiger partial charge in [0.25, 0.3) is 0 Å². The molecule has 16 aliphatic rings. The van der Waals surface area contributed by atoms with Gasteiger partial charge < -0.3 is 43.0 Å². The Bertz CT molecular complexity index is 3140. The Hall–Kier alpha value is -4.54. The summed E-state index contributed by atoms with van der Waals surface area (Å²) in [6.07, 6.45) is 19.3. The van der Waals surface area contributed by atoms with Crippen LogP contribution < -0.4 is 0 Å². The summed E-state index contributed by atoms with van der Waals surface area (Å²) in [4.78, 5) is 124. The minimum absolute atomic E-state index is 0.0866. The van der Waals surface area contributed by atoms with Gasteiger partial charge in [-0.15, -0.1) is 0 Å². The lowest BCUT2D eigenvalue weighted by Gasteiger charge is -2.60. The second-order valence-corrected chi connectivity index (χ2v) is 38.6. The Kier molecular flexibility index (Phi) is 17.4. The molecule has 16 rings (SSSR count). The van der Waals surface area contributed by atoms with Gasteiger partial charge in [-0.05, 0) is 307 Å². The first-order valence-corrected chi connectivity index (χ1v) is 38.6. The minimum atomic E-state index is -2.13. The molecule has 17 nitrogen and oxygen atoms in total. The monoisotopic (exact) mass is 1350 g/mol. The molecule has 17 heteroatoms. The predicted octanol–water partition coefficient (Wildman–Crippen LogP) is 13.8. The molecule has 1 heterocycles. The molecule has 0 aromatic heterocycles. The van der Waals surface area contributed by atoms with Crippen LogP contribution in [0.2, 0.25) is 0 Å². The van der Waals surface area contributed by atoms with Crippen molar-refractivity contribution in [1.29, 1.82) is 0 Å². The maximum Gasteiger partial charge on any atom is 0.344 e. The summed E-state index contributed by atoms with van der Waals surface area (Å²) >= 11 is 0. The highest BCUT2D eigenvalue weighted by Gasteiger charge is 2.70. The average molecular weight is 1350 g/mol. The Morgan fingerprint density at radius 1 is 0.649 bits per heavy atom. The van der Waals surface area contributed by atoms with Crippen molar-refractivity contribution in [2.75, 3.05) is 6.61 Å². The van der Waals surface area contributed by atoms with Gasteiger partial charge in [0.1, 0.15) is 40.7 Å². The molecule has 538 valence electrons. The Labute approximate surface area is 576 Å². The van der Waals surface area contributed by atoms with Crippen LogP contribution in [0.4, 0.5) is 0 Å². The van der Waals surface area contributed by atoms with Crippen molar-refractivity contribution in [2.24, 2.45) is 122 Å². The van der Waals surface area contributed by atoms with Crippen LogP contribution >= 0.6 is 0 Å². The first-order chi connectivity index (χ1) is 45.4. The molecule has 1 N–H and O–H groups in total. The number of esters is 8. The van der Waals surface area contributed by atoms with Crippen LogP contribution in [-0.4, -0.2) is 106 Å². The maximum absolute atomic E-state index is 17.0. The van der Waals surface area contributed by atoms with Crippen molar-refractivity contribution in [3.63, 3.8) is 0 Å². The molecule has 14 saturated carbocycles. The molecule has 15 aliphatic carbocycles. The average Bonchev–Trinajstić information content (AvgIpc) is 1.54. The third kappa shape index (κ3) is 12.5. The van der Waals surface area contributed by atoms with E-state index in [2.05, 4.69) is 32.9 Å². The summed E-state index contributed by atoms with van der Waals surface area (Å²) in [6, 6.07) is 0. The second-order valence-electron chi connectivity index (χ2n) is 38.6. The van der Waals surface area contributed by atoms with Gasteiger partial charge in [-0.1, -0.05) is 26.0 Å². The van der Waals surface area contributed by atoms with E-state index in [4.69, 9.17) is 37.9 Å². The van der Waals surface area contributed by atoms with Crippen molar-refractivity contribution in [1.82, 2.24) is 0 Å². The number of fused-ring (bicyclic) bond motifs is 5. The molecule has 15 fully saturated rings. The Balaban J connectivity index is 0.857. The van der Waals surface area contributed by atoms with E-state index >= 15 is 24.0 Å². The molecule has 19 unspecified atom stereocenters. The molecule has 14 bridgehead atoms. The fraction of sp³-hybridized carbons (Fsp3) is 0.875. The fourth-order valence-electron chi connectivity index (χ4n) is 25.5. The van der Waals surface area contributed by atoms with E-state index in [1.807, 2.05) is 13.8 Å². The molecule has 1 aliphatic heterocycles. The molecule has 0 amide bonds. The van der Waals surface area contributed by atoms with E-state index in [1.54, 1.807) is 48.5 Å². The van der Waals surface area contributed by atoms with Gasteiger partial charge in [-0.25, -0.2) is 4.79 Å². The minimum Gasteiger partial charge on any atom is -0.460 e. The summed E-state index contributed by atoms with van der Waals surface area (Å²) < 4.78 is 52.5. The standard InChI is InChI=1S/C80H116O17/c1-13-79(20-14-15-21-79)96-67(85)73(8,38-59-44(2)50-18-19-52(59)30-50)41-74(9,68(86)95-77(12)54-25-46-22-47(27-54)28-55(77)26-46)42-76(11,69(87)93-63-53-31-57-58(32-53)65(83)92-64(57)63)75(10,70(88)97-80-36-48-23-49(37-80)35-78(89,34-48)43-80)40-72(6,7)66(84)90-39-62(82)91-60(33-61(81)94-71(3,4)5)56-29-45-16-17-51(56)24-45/h16-17,44-60,63-64,89H,13-15,18-43H2,1-12H3. The predicted molar refractivity (Wildman–Crippen MR) is 355 cm³/mol. The summed E-state index contributed by atoms with van der Waals surface area (Å²) in [7, 11) is 0. The van der Waals surface area contributed by atoms with E-state index in [1.165, 1.54) is 6.42 Å². The summed E-state index contributed by atoms with van der Waals surface area (Å²) in [6.45, 7) is 21.4. The first-order valence-electron chi connectivity index (χ1n) is 38.6. The highest BCUT2D eigenvalue weighted by Crippen LogP contribution is 2.66. The van der Waals surface area contributed by atoms with E-state index in [-0.39, 0.29) is 90.4 Å². The quantitative estimate of drug-likeness (QED) is 0.0509. The van der Waals surface area contributed by atoms with Crippen LogP contribution in [0.15, 0.2) is 12.2 Å². The maximum atomic E-state index is 17.0. The Morgan fingerprint density at radius 3 is 1.89 bits per heavy atom. The van der Waals surface area contributed by atoms with Crippen molar-refractivity contribution in [2.45, 2.75) is 309 Å². The highest BCUT2D eigenvalue weighted by molar-refractivity contribution is 5.91. The normalized spacial score (nSPS) is 42.1. The molecule has 1 saturated heterocycles. The van der Waals surface area contributed by atoms with Gasteiger partial charge in [-0.3, -0.25) is 33.6 Å².